The van der Waals surface area contributed by atoms with Crippen molar-refractivity contribution in [2.24, 2.45) is 0 Å². The first kappa shape index (κ1) is 27.6. The lowest BCUT2D eigenvalue weighted by Gasteiger charge is -2.20. The van der Waals surface area contributed by atoms with Crippen molar-refractivity contribution in [2.45, 2.75) is 24.3 Å². The van der Waals surface area contributed by atoms with E-state index in [9.17, 15) is 16.8 Å². The number of hydrogen-bond donors (Lipinski definition) is 2. The second-order valence-electron chi connectivity index (χ2n) is 7.93. The van der Waals surface area contributed by atoms with E-state index in [1.807, 2.05) is 0 Å². The number of benzene rings is 2. The number of hydrogen-bond acceptors (Lipinski definition) is 7. The molecule has 0 unspecified atom stereocenters. The van der Waals surface area contributed by atoms with Crippen molar-refractivity contribution in [3.63, 3.8) is 0 Å². The summed E-state index contributed by atoms with van der Waals surface area (Å²) in [5.41, 5.74) is 1.21. The standard InChI is InChI=1S/C21H19Cl2FN2O6S4/c22-13-3-5-17-15(11-13)25(7-1-9-35(27,28)29)20(33-17)19(24)21-26(8-2-10-36(30,31)32)16-12-14(23)4-6-18(16)34-21/h3-6,11-12H,1-2,7-10H2,(H-,27,28,29,30,31,32)/p+1. The van der Waals surface area contributed by atoms with Gasteiger partial charge in [0.2, 0.25) is 11.3 Å². The van der Waals surface area contributed by atoms with Crippen LogP contribution >= 0.6 is 46.3 Å². The molecule has 1 aliphatic heterocycles. The summed E-state index contributed by atoms with van der Waals surface area (Å²) in [5, 5.41) is 1.27. The largest absolute Gasteiger partial charge is 0.332 e. The maximum Gasteiger partial charge on any atom is 0.301 e. The normalized spacial score (nSPS) is 15.5. The molecular formula is C21H20Cl2FN2O6S4+. The molecule has 0 spiro atoms. The molecule has 15 heteroatoms. The van der Waals surface area contributed by atoms with Gasteiger partial charge >= 0.3 is 5.01 Å². The first-order valence-corrected chi connectivity index (χ1v) is 16.1. The Morgan fingerprint density at radius 1 is 0.972 bits per heavy atom. The van der Waals surface area contributed by atoms with Crippen LogP contribution in [0, 0.1) is 0 Å². The Morgan fingerprint density at radius 2 is 1.61 bits per heavy atom. The Morgan fingerprint density at radius 3 is 2.31 bits per heavy atom. The minimum Gasteiger partial charge on any atom is -0.332 e. The maximum absolute atomic E-state index is 16.3. The highest BCUT2D eigenvalue weighted by atomic mass is 35.5. The van der Waals surface area contributed by atoms with Crippen LogP contribution in [0.1, 0.15) is 17.8 Å². The number of aryl methyl sites for hydroxylation is 1. The minimum absolute atomic E-state index is 0.0402. The van der Waals surface area contributed by atoms with Crippen LogP contribution in [0.3, 0.4) is 0 Å². The molecule has 194 valence electrons. The van der Waals surface area contributed by atoms with Gasteiger partial charge in [0.15, 0.2) is 6.54 Å². The van der Waals surface area contributed by atoms with Crippen molar-refractivity contribution < 1.29 is 34.9 Å². The van der Waals surface area contributed by atoms with Crippen LogP contribution in [0.25, 0.3) is 16.0 Å². The van der Waals surface area contributed by atoms with Gasteiger partial charge in [0.25, 0.3) is 20.2 Å². The Labute approximate surface area is 225 Å². The van der Waals surface area contributed by atoms with E-state index in [4.69, 9.17) is 32.3 Å². The molecule has 0 saturated carbocycles. The van der Waals surface area contributed by atoms with Crippen LogP contribution in [0.15, 0.2) is 46.3 Å². The van der Waals surface area contributed by atoms with Gasteiger partial charge in [0, 0.05) is 34.0 Å². The van der Waals surface area contributed by atoms with Crippen LogP contribution in [0.4, 0.5) is 10.1 Å². The summed E-state index contributed by atoms with van der Waals surface area (Å²) in [6, 6.07) is 10.1. The lowest BCUT2D eigenvalue weighted by Crippen LogP contribution is -2.37. The van der Waals surface area contributed by atoms with Gasteiger partial charge in [-0.25, -0.2) is 0 Å². The van der Waals surface area contributed by atoms with Crippen molar-refractivity contribution in [2.75, 3.05) is 23.0 Å². The number of thiazole rings is 1. The van der Waals surface area contributed by atoms with Crippen LogP contribution in [0.2, 0.25) is 10.0 Å². The third-order valence-electron chi connectivity index (χ3n) is 5.27. The molecule has 1 aromatic heterocycles. The molecule has 2 heterocycles. The van der Waals surface area contributed by atoms with E-state index >= 15 is 4.39 Å². The third-order valence-corrected chi connectivity index (χ3v) is 9.67. The topological polar surface area (TPSA) is 116 Å². The summed E-state index contributed by atoms with van der Waals surface area (Å²) in [6.45, 7) is 0.199. The van der Waals surface area contributed by atoms with Crippen molar-refractivity contribution in [1.29, 1.82) is 0 Å². The summed E-state index contributed by atoms with van der Waals surface area (Å²) in [7, 11) is -8.39. The highest BCUT2D eigenvalue weighted by Crippen LogP contribution is 2.50. The molecular weight excluding hydrogens is 594 g/mol. The summed E-state index contributed by atoms with van der Waals surface area (Å²) >= 11 is 14.6. The average molecular weight is 615 g/mol. The summed E-state index contributed by atoms with van der Waals surface area (Å²) in [5.74, 6) is -1.57. The van der Waals surface area contributed by atoms with Crippen molar-refractivity contribution in [3.05, 3.63) is 56.5 Å². The molecule has 36 heavy (non-hydrogen) atoms. The summed E-state index contributed by atoms with van der Waals surface area (Å²) in [6.07, 6.45) is 0.0804. The van der Waals surface area contributed by atoms with Gasteiger partial charge in [-0.05, 0) is 36.8 Å². The molecule has 8 nitrogen and oxygen atoms in total. The zero-order valence-corrected chi connectivity index (χ0v) is 23.2. The van der Waals surface area contributed by atoms with Crippen LogP contribution in [0.5, 0.6) is 0 Å². The van der Waals surface area contributed by atoms with Gasteiger partial charge in [-0.2, -0.15) is 25.8 Å². The number of thioether (sulfide) groups is 1. The van der Waals surface area contributed by atoms with E-state index in [2.05, 4.69) is 0 Å². The van der Waals surface area contributed by atoms with E-state index in [0.717, 1.165) is 32.7 Å². The predicted molar refractivity (Wildman–Crippen MR) is 142 cm³/mol. The molecule has 0 fully saturated rings. The van der Waals surface area contributed by atoms with Gasteiger partial charge in [0.05, 0.1) is 17.2 Å². The summed E-state index contributed by atoms with van der Waals surface area (Å²) < 4.78 is 81.8. The van der Waals surface area contributed by atoms with Gasteiger partial charge in [-0.1, -0.05) is 46.3 Å². The van der Waals surface area contributed by atoms with Crippen molar-refractivity contribution >= 4 is 88.3 Å². The highest BCUT2D eigenvalue weighted by Gasteiger charge is 2.34. The predicted octanol–water partition coefficient (Wildman–Crippen LogP) is 5.26. The SMILES string of the molecule is O=S(=O)(O)CCCN1/C(=C(/F)c2sc3ccc(Cl)cc3[n+]2CCCS(=O)(=O)O)Sc2ccc(Cl)cc21. The van der Waals surface area contributed by atoms with Gasteiger partial charge in [-0.3, -0.25) is 9.11 Å². The Hall–Kier alpha value is -1.45. The number of rotatable bonds is 9. The Balaban J connectivity index is 1.79. The van der Waals surface area contributed by atoms with Gasteiger partial charge in [-0.15, -0.1) is 0 Å². The molecule has 0 amide bonds. The number of nitrogens with zero attached hydrogens (tertiary/aromatic N) is 2. The second kappa shape index (κ2) is 10.7. The van der Waals surface area contributed by atoms with E-state index < -0.39 is 37.6 Å². The summed E-state index contributed by atoms with van der Waals surface area (Å²) in [4.78, 5) is 2.34. The number of aromatic nitrogens is 1. The number of anilines is 1. The highest BCUT2D eigenvalue weighted by molar-refractivity contribution is 8.04. The molecule has 3 aromatic rings. The van der Waals surface area contributed by atoms with Gasteiger partial charge < -0.3 is 4.90 Å². The van der Waals surface area contributed by atoms with E-state index in [1.54, 1.807) is 45.9 Å². The monoisotopic (exact) mass is 613 g/mol. The molecule has 2 N–H and O–H groups in total. The van der Waals surface area contributed by atoms with Crippen molar-refractivity contribution in [3.8, 4) is 0 Å². The third kappa shape index (κ3) is 6.51. The number of fused-ring (bicyclic) bond motifs is 2. The fraction of sp³-hybridized carbons (Fsp3) is 0.286. The minimum atomic E-state index is -4.20. The van der Waals surface area contributed by atoms with Gasteiger partial charge in [0.1, 0.15) is 9.73 Å². The molecule has 0 saturated heterocycles. The van der Waals surface area contributed by atoms with E-state index in [0.29, 0.717) is 21.2 Å². The molecule has 0 radical (unpaired) electrons. The van der Waals surface area contributed by atoms with E-state index in [1.165, 1.54) is 0 Å². The van der Waals surface area contributed by atoms with Crippen LogP contribution < -0.4 is 9.47 Å². The first-order valence-electron chi connectivity index (χ1n) is 10.5. The quantitative estimate of drug-likeness (QED) is 0.248. The number of halogens is 3. The Bertz CT molecular complexity index is 1570. The molecule has 0 bridgehead atoms. The average Bonchev–Trinajstić information content (AvgIpc) is 3.30. The van der Waals surface area contributed by atoms with Crippen LogP contribution in [-0.2, 0) is 26.8 Å². The second-order valence-corrected chi connectivity index (χ2v) is 14.0. The maximum atomic E-state index is 16.3. The molecule has 4 rings (SSSR count). The molecule has 0 atom stereocenters. The Kier molecular flexibility index (Phi) is 8.22. The van der Waals surface area contributed by atoms with Crippen LogP contribution in [-0.4, -0.2) is 44.0 Å². The first-order chi connectivity index (χ1) is 16.8. The lowest BCUT2D eigenvalue weighted by atomic mass is 10.2. The zero-order valence-electron chi connectivity index (χ0n) is 18.4. The van der Waals surface area contributed by atoms with Crippen molar-refractivity contribution in [1.82, 2.24) is 0 Å². The molecule has 2 aromatic carbocycles. The zero-order chi connectivity index (χ0) is 26.3. The van der Waals surface area contributed by atoms with E-state index in [-0.39, 0.29) is 36.0 Å². The molecule has 1 aliphatic rings. The smallest absolute Gasteiger partial charge is 0.301 e. The molecule has 0 aliphatic carbocycles. The lowest BCUT2D eigenvalue weighted by molar-refractivity contribution is -0.669. The fourth-order valence-corrected chi connectivity index (χ4v) is 7.38. The fourth-order valence-electron chi connectivity index (χ4n) is 3.79.